The molecule has 15 nitrogen and oxygen atoms in total. The van der Waals surface area contributed by atoms with Crippen LogP contribution in [0.4, 0.5) is 17.5 Å². The van der Waals surface area contributed by atoms with Gasteiger partial charge in [-0.05, 0) is 64.3 Å². The third-order valence-corrected chi connectivity index (χ3v) is 9.20. The first-order chi connectivity index (χ1) is 26.4. The molecule has 0 bridgehead atoms. The third-order valence-electron chi connectivity index (χ3n) is 8.33. The number of methoxy groups -OCH3 is 2. The fraction of sp³-hybridized carbons (Fsp3) is 0.351. The molecule has 6 rings (SSSR count). The summed E-state index contributed by atoms with van der Waals surface area (Å²) in [7, 11) is 6.64. The second-order valence-corrected chi connectivity index (χ2v) is 13.4. The Hall–Kier alpha value is -4.93. The van der Waals surface area contributed by atoms with E-state index in [0.29, 0.717) is 30.0 Å². The molecule has 2 aromatic heterocycles. The van der Waals surface area contributed by atoms with Gasteiger partial charge in [0.15, 0.2) is 44.3 Å². The number of nitrogens with zero attached hydrogens (tertiary/aromatic N) is 7. The van der Waals surface area contributed by atoms with E-state index in [-0.39, 0.29) is 38.5 Å². The summed E-state index contributed by atoms with van der Waals surface area (Å²) in [6, 6.07) is 17.0. The predicted molar refractivity (Wildman–Crippen MR) is 212 cm³/mol. The fourth-order valence-electron chi connectivity index (χ4n) is 5.26. The van der Waals surface area contributed by atoms with E-state index in [0.717, 1.165) is 13.1 Å². The van der Waals surface area contributed by atoms with Gasteiger partial charge in [0, 0.05) is 37.3 Å². The molecule has 0 radical (unpaired) electrons. The zero-order valence-corrected chi connectivity index (χ0v) is 33.1. The van der Waals surface area contributed by atoms with Crippen molar-refractivity contribution in [3.8, 4) is 0 Å². The quantitative estimate of drug-likeness (QED) is 0.213. The number of rotatable bonds is 7. The molecule has 2 saturated heterocycles. The van der Waals surface area contributed by atoms with Gasteiger partial charge in [-0.25, -0.2) is 29.5 Å². The molecular weight excluding hydrogens is 773 g/mol. The number of likely N-dealkylation sites (N-methyl/N-ethyl adjacent to an activating group) is 1. The molecule has 2 aliphatic heterocycles. The molecule has 55 heavy (non-hydrogen) atoms. The summed E-state index contributed by atoms with van der Waals surface area (Å²) in [5, 5.41) is 4.91. The third kappa shape index (κ3) is 12.6. The molecule has 2 amide bonds. The zero-order valence-electron chi connectivity index (χ0n) is 30.9. The highest BCUT2D eigenvalue weighted by Crippen LogP contribution is 2.27. The van der Waals surface area contributed by atoms with Crippen molar-refractivity contribution < 1.29 is 28.7 Å². The Morgan fingerprint density at radius 3 is 1.42 bits per heavy atom. The molecule has 0 spiro atoms. The van der Waals surface area contributed by atoms with Gasteiger partial charge in [0.1, 0.15) is 0 Å². The van der Waals surface area contributed by atoms with E-state index in [9.17, 15) is 19.2 Å². The minimum atomic E-state index is -0.788. The predicted octanol–water partition coefficient (Wildman–Crippen LogP) is 5.85. The lowest BCUT2D eigenvalue weighted by Gasteiger charge is -2.33. The second-order valence-electron chi connectivity index (χ2n) is 12.3. The summed E-state index contributed by atoms with van der Waals surface area (Å²) in [5.41, 5.74) is 0.466. The van der Waals surface area contributed by atoms with Crippen LogP contribution in [0.15, 0.2) is 60.7 Å². The lowest BCUT2D eigenvalue weighted by molar-refractivity contribution is 0.0586. The van der Waals surface area contributed by atoms with E-state index in [1.807, 2.05) is 18.0 Å². The van der Waals surface area contributed by atoms with Gasteiger partial charge in [-0.3, -0.25) is 9.59 Å². The number of piperazine rings is 1. The van der Waals surface area contributed by atoms with Crippen LogP contribution in [0.1, 0.15) is 61.0 Å². The Morgan fingerprint density at radius 1 is 0.564 bits per heavy atom. The maximum Gasteiger partial charge on any atom is 0.360 e. The zero-order chi connectivity index (χ0) is 39.9. The van der Waals surface area contributed by atoms with Gasteiger partial charge in [0.2, 0.25) is 0 Å². The Labute approximate surface area is 334 Å². The normalized spacial score (nSPS) is 14.3. The number of anilines is 3. The first-order valence-corrected chi connectivity index (χ1v) is 18.4. The molecule has 2 aromatic carbocycles. The fourth-order valence-corrected chi connectivity index (χ4v) is 5.76. The van der Waals surface area contributed by atoms with Gasteiger partial charge >= 0.3 is 11.9 Å². The average Bonchev–Trinajstić information content (AvgIpc) is 3.21. The van der Waals surface area contributed by atoms with Gasteiger partial charge in [-0.15, -0.1) is 0 Å². The van der Waals surface area contributed by atoms with Crippen molar-refractivity contribution >= 4 is 76.0 Å². The number of esters is 2. The molecule has 0 atom stereocenters. The lowest BCUT2D eigenvalue weighted by Crippen LogP contribution is -2.45. The number of hydrogen-bond acceptors (Lipinski definition) is 13. The Balaban J connectivity index is 0.000000212. The van der Waals surface area contributed by atoms with Gasteiger partial charge in [-0.2, -0.15) is 0 Å². The van der Waals surface area contributed by atoms with Gasteiger partial charge < -0.3 is 34.8 Å². The van der Waals surface area contributed by atoms with Crippen LogP contribution >= 0.6 is 34.8 Å². The van der Waals surface area contributed by atoms with Gasteiger partial charge in [0.05, 0.1) is 14.2 Å². The summed E-state index contributed by atoms with van der Waals surface area (Å²) >= 11 is 17.7. The number of piperidine rings is 1. The number of ether oxygens (including phenoxy) is 2. The van der Waals surface area contributed by atoms with Crippen LogP contribution in [0.25, 0.3) is 0 Å². The Bertz CT molecular complexity index is 1930. The Kier molecular flexibility index (Phi) is 16.5. The first-order valence-electron chi connectivity index (χ1n) is 17.2. The SMILES string of the molecule is CN1CCCCC1.COC(=O)c1nc(Cl)c(Cl)nc1NC(=O)c1ccccc1.COC(=O)c1nc(Cl)c(N2CCN(C)CC2)nc1NC(=O)c1ccccc1. The number of halogens is 3. The first kappa shape index (κ1) is 42.8. The topological polar surface area (TPSA) is 172 Å². The molecule has 0 aliphatic carbocycles. The van der Waals surface area contributed by atoms with Gasteiger partial charge in [0.25, 0.3) is 11.8 Å². The van der Waals surface area contributed by atoms with Crippen molar-refractivity contribution in [2.45, 2.75) is 19.3 Å². The number of nitrogens with one attached hydrogen (secondary N) is 2. The maximum atomic E-state index is 12.5. The number of carbonyl (C=O) groups excluding carboxylic acids is 4. The smallest absolute Gasteiger partial charge is 0.360 e. The molecule has 4 heterocycles. The molecule has 2 N–H and O–H groups in total. The molecular formula is C37H42Cl3N9O6. The molecule has 2 aliphatic rings. The summed E-state index contributed by atoms with van der Waals surface area (Å²) < 4.78 is 9.31. The van der Waals surface area contributed by atoms with Crippen LogP contribution in [-0.2, 0) is 9.47 Å². The number of aromatic nitrogens is 4. The molecule has 0 unspecified atom stereocenters. The number of likely N-dealkylation sites (tertiary alicyclic amines) is 1. The van der Waals surface area contributed by atoms with E-state index in [2.05, 4.69) is 52.2 Å². The van der Waals surface area contributed by atoms with Crippen LogP contribution in [0.2, 0.25) is 15.5 Å². The second kappa shape index (κ2) is 21.2. The minimum Gasteiger partial charge on any atom is -0.464 e. The largest absolute Gasteiger partial charge is 0.464 e. The van der Waals surface area contributed by atoms with E-state index < -0.39 is 23.8 Å². The maximum absolute atomic E-state index is 12.5. The van der Waals surface area contributed by atoms with Crippen molar-refractivity contribution in [2.24, 2.45) is 0 Å². The molecule has 2 fully saturated rings. The lowest BCUT2D eigenvalue weighted by atomic mass is 10.1. The molecule has 4 aromatic rings. The summed E-state index contributed by atoms with van der Waals surface area (Å²) in [6.07, 6.45) is 4.28. The van der Waals surface area contributed by atoms with Crippen molar-refractivity contribution in [3.63, 3.8) is 0 Å². The van der Waals surface area contributed by atoms with E-state index in [4.69, 9.17) is 39.5 Å². The van der Waals surface area contributed by atoms with Crippen LogP contribution in [0, 0.1) is 0 Å². The standard InChI is InChI=1S/C18H20ClN5O3.C13H9Cl2N3O3.C6H13N/c1-23-8-10-24(11-9-23)16-14(19)20-13(18(26)27-2)15(21-16)22-17(25)12-6-4-3-5-7-12;1-21-13(20)8-11(17-10(15)9(14)16-8)18-12(19)7-5-3-2-4-6-7;1-7-5-3-2-4-6-7/h3-7H,8-11H2,1-2H3,(H,21,22,25);2-6H,1H3,(H,17,18,19);2-6H2,1H3. The monoisotopic (exact) mass is 813 g/mol. The summed E-state index contributed by atoms with van der Waals surface area (Å²) in [4.78, 5) is 71.1. The molecule has 18 heteroatoms. The summed E-state index contributed by atoms with van der Waals surface area (Å²) in [5.74, 6) is -2.04. The van der Waals surface area contributed by atoms with E-state index in [1.165, 1.54) is 46.6 Å². The van der Waals surface area contributed by atoms with Crippen molar-refractivity contribution in [1.82, 2.24) is 29.7 Å². The van der Waals surface area contributed by atoms with Crippen LogP contribution in [0.3, 0.4) is 0 Å². The van der Waals surface area contributed by atoms with Crippen LogP contribution in [0.5, 0.6) is 0 Å². The van der Waals surface area contributed by atoms with E-state index in [1.54, 1.807) is 54.6 Å². The number of benzene rings is 2. The number of hydrogen-bond donors (Lipinski definition) is 2. The Morgan fingerprint density at radius 2 is 0.982 bits per heavy atom. The highest BCUT2D eigenvalue weighted by molar-refractivity contribution is 6.40. The van der Waals surface area contributed by atoms with Crippen molar-refractivity contribution in [3.05, 3.63) is 98.6 Å². The minimum absolute atomic E-state index is 0.0223. The summed E-state index contributed by atoms with van der Waals surface area (Å²) in [6.45, 7) is 5.77. The van der Waals surface area contributed by atoms with Crippen LogP contribution in [-0.4, -0.2) is 121 Å². The highest BCUT2D eigenvalue weighted by atomic mass is 35.5. The molecule has 292 valence electrons. The van der Waals surface area contributed by atoms with E-state index >= 15 is 0 Å². The van der Waals surface area contributed by atoms with Crippen molar-refractivity contribution in [2.75, 3.05) is 83.1 Å². The van der Waals surface area contributed by atoms with Gasteiger partial charge in [-0.1, -0.05) is 77.6 Å². The highest BCUT2D eigenvalue weighted by Gasteiger charge is 2.26. The number of amides is 2. The number of carbonyl (C=O) groups is 4. The average molecular weight is 815 g/mol. The van der Waals surface area contributed by atoms with Crippen molar-refractivity contribution in [1.29, 1.82) is 0 Å². The van der Waals surface area contributed by atoms with Crippen LogP contribution < -0.4 is 15.5 Å². The molecule has 0 saturated carbocycles.